The fourth-order valence-corrected chi connectivity index (χ4v) is 2.45. The van der Waals surface area contributed by atoms with Crippen LogP contribution in [0.15, 0.2) is 16.7 Å². The highest BCUT2D eigenvalue weighted by Gasteiger charge is 2.08. The molecule has 0 saturated carbocycles. The quantitative estimate of drug-likeness (QED) is 0.324. The molecule has 3 N–H and O–H groups in total. The van der Waals surface area contributed by atoms with Gasteiger partial charge < -0.3 is 9.32 Å². The highest BCUT2D eigenvalue weighted by atomic mass is 32.2. The maximum Gasteiger partial charge on any atom is 0.268 e. The number of hydrogen-bond acceptors (Lipinski definition) is 5. The van der Waals surface area contributed by atoms with E-state index in [1.54, 1.807) is 17.8 Å². The molecule has 18 heavy (non-hydrogen) atoms. The standard InChI is InChI=1S/C12H21N3O2S/c1-3-15(4-2)5-6-18-9-11-7-10(8-17-11)12(16)14-13/h7-8H,3-6,9,13H2,1-2H3,(H,14,16). The highest BCUT2D eigenvalue weighted by Crippen LogP contribution is 2.15. The Labute approximate surface area is 112 Å². The van der Waals surface area contributed by atoms with Gasteiger partial charge in [-0.3, -0.25) is 10.2 Å². The molecule has 0 spiro atoms. The van der Waals surface area contributed by atoms with Gasteiger partial charge in [0.2, 0.25) is 0 Å². The van der Waals surface area contributed by atoms with Gasteiger partial charge in [-0.25, -0.2) is 5.84 Å². The maximum absolute atomic E-state index is 11.2. The Kier molecular flexibility index (Phi) is 6.85. The molecule has 0 fully saturated rings. The number of thioether (sulfide) groups is 1. The molecule has 0 atom stereocenters. The van der Waals surface area contributed by atoms with Crippen molar-refractivity contribution in [2.24, 2.45) is 5.84 Å². The zero-order chi connectivity index (χ0) is 13.4. The lowest BCUT2D eigenvalue weighted by Gasteiger charge is -2.16. The molecule has 1 aromatic rings. The maximum atomic E-state index is 11.2. The second-order valence-corrected chi connectivity index (χ2v) is 4.96. The van der Waals surface area contributed by atoms with Crippen LogP contribution in [0.3, 0.4) is 0 Å². The summed E-state index contributed by atoms with van der Waals surface area (Å²) in [5.74, 6) is 7.36. The van der Waals surface area contributed by atoms with Gasteiger partial charge >= 0.3 is 0 Å². The average Bonchev–Trinajstić information content (AvgIpc) is 2.87. The number of nitrogens with two attached hydrogens (primary N) is 1. The highest BCUT2D eigenvalue weighted by molar-refractivity contribution is 7.98. The molecular formula is C12H21N3O2S. The first kappa shape index (κ1) is 15.1. The molecule has 0 radical (unpaired) electrons. The van der Waals surface area contributed by atoms with E-state index in [4.69, 9.17) is 10.3 Å². The van der Waals surface area contributed by atoms with Gasteiger partial charge in [0, 0.05) is 12.3 Å². The minimum atomic E-state index is -0.321. The second-order valence-electron chi connectivity index (χ2n) is 3.85. The predicted octanol–water partition coefficient (Wildman–Crippen LogP) is 1.46. The van der Waals surface area contributed by atoms with Gasteiger partial charge in [0.15, 0.2) is 0 Å². The van der Waals surface area contributed by atoms with Crippen LogP contribution in [0.4, 0.5) is 0 Å². The average molecular weight is 271 g/mol. The number of rotatable bonds is 8. The van der Waals surface area contributed by atoms with Crippen molar-refractivity contribution in [1.82, 2.24) is 10.3 Å². The van der Waals surface area contributed by atoms with Crippen molar-refractivity contribution < 1.29 is 9.21 Å². The van der Waals surface area contributed by atoms with Crippen LogP contribution in [-0.2, 0) is 5.75 Å². The van der Waals surface area contributed by atoms with Crippen LogP contribution in [0, 0.1) is 0 Å². The van der Waals surface area contributed by atoms with Gasteiger partial charge in [0.05, 0.1) is 11.3 Å². The summed E-state index contributed by atoms with van der Waals surface area (Å²) in [4.78, 5) is 13.6. The van der Waals surface area contributed by atoms with Gasteiger partial charge in [-0.2, -0.15) is 11.8 Å². The van der Waals surface area contributed by atoms with Gasteiger partial charge in [-0.05, 0) is 19.2 Å². The summed E-state index contributed by atoms with van der Waals surface area (Å²) in [6.07, 6.45) is 1.43. The Hall–Kier alpha value is -0.980. The van der Waals surface area contributed by atoms with E-state index in [1.807, 2.05) is 0 Å². The first-order valence-electron chi connectivity index (χ1n) is 6.09. The number of carbonyl (C=O) groups excluding carboxylic acids is 1. The Balaban J connectivity index is 2.27. The third-order valence-corrected chi connectivity index (χ3v) is 3.70. The smallest absolute Gasteiger partial charge is 0.268 e. The van der Waals surface area contributed by atoms with Crippen molar-refractivity contribution in [3.8, 4) is 0 Å². The molecule has 0 saturated heterocycles. The summed E-state index contributed by atoms with van der Waals surface area (Å²) in [5.41, 5.74) is 2.55. The molecule has 0 unspecified atom stereocenters. The summed E-state index contributed by atoms with van der Waals surface area (Å²) in [5, 5.41) is 0. The number of carbonyl (C=O) groups is 1. The lowest BCUT2D eigenvalue weighted by atomic mass is 10.3. The zero-order valence-corrected chi connectivity index (χ0v) is 11.8. The molecule has 0 aliphatic heterocycles. The number of nitrogens with zero attached hydrogens (tertiary/aromatic N) is 1. The first-order chi connectivity index (χ1) is 8.71. The lowest BCUT2D eigenvalue weighted by Crippen LogP contribution is -2.29. The molecule has 0 aliphatic rings. The van der Waals surface area contributed by atoms with Crippen LogP contribution < -0.4 is 11.3 Å². The minimum absolute atomic E-state index is 0.321. The summed E-state index contributed by atoms with van der Waals surface area (Å²) >= 11 is 1.80. The van der Waals surface area contributed by atoms with Gasteiger partial charge in [-0.15, -0.1) is 0 Å². The zero-order valence-electron chi connectivity index (χ0n) is 10.9. The third kappa shape index (κ3) is 4.72. The van der Waals surface area contributed by atoms with Crippen molar-refractivity contribution in [1.29, 1.82) is 0 Å². The van der Waals surface area contributed by atoms with E-state index in [2.05, 4.69) is 24.2 Å². The SMILES string of the molecule is CCN(CC)CCSCc1cc(C(=O)NN)co1. The molecule has 1 aromatic heterocycles. The summed E-state index contributed by atoms with van der Waals surface area (Å²) in [6.45, 7) is 7.57. The molecule has 102 valence electrons. The fraction of sp³-hybridized carbons (Fsp3) is 0.583. The monoisotopic (exact) mass is 271 g/mol. The Morgan fingerprint density at radius 2 is 2.22 bits per heavy atom. The molecule has 0 bridgehead atoms. The van der Waals surface area contributed by atoms with Crippen LogP contribution in [0.2, 0.25) is 0 Å². The first-order valence-corrected chi connectivity index (χ1v) is 7.25. The van der Waals surface area contributed by atoms with Gasteiger partial charge in [-0.1, -0.05) is 13.8 Å². The van der Waals surface area contributed by atoms with Crippen molar-refractivity contribution in [2.45, 2.75) is 19.6 Å². The lowest BCUT2D eigenvalue weighted by molar-refractivity contribution is 0.0953. The molecule has 1 rings (SSSR count). The fourth-order valence-electron chi connectivity index (χ4n) is 1.56. The van der Waals surface area contributed by atoms with Gasteiger partial charge in [0.1, 0.15) is 12.0 Å². The molecule has 6 heteroatoms. The number of hydrazine groups is 1. The summed E-state index contributed by atoms with van der Waals surface area (Å²) in [7, 11) is 0. The van der Waals surface area contributed by atoms with E-state index < -0.39 is 0 Å². The Morgan fingerprint density at radius 3 is 2.83 bits per heavy atom. The molecule has 1 amide bonds. The topological polar surface area (TPSA) is 71.5 Å². The van der Waals surface area contributed by atoms with Crippen LogP contribution >= 0.6 is 11.8 Å². The van der Waals surface area contributed by atoms with Crippen LogP contribution in [-0.4, -0.2) is 36.2 Å². The Morgan fingerprint density at radius 1 is 1.50 bits per heavy atom. The summed E-state index contributed by atoms with van der Waals surface area (Å²) < 4.78 is 5.30. The minimum Gasteiger partial charge on any atom is -0.468 e. The number of nitrogen functional groups attached to an aromatic ring is 1. The van der Waals surface area contributed by atoms with Crippen molar-refractivity contribution in [3.63, 3.8) is 0 Å². The normalized spacial score (nSPS) is 10.9. The molecule has 0 aliphatic carbocycles. The van der Waals surface area contributed by atoms with E-state index in [0.29, 0.717) is 5.56 Å². The van der Waals surface area contributed by atoms with Gasteiger partial charge in [0.25, 0.3) is 5.91 Å². The van der Waals surface area contributed by atoms with E-state index in [-0.39, 0.29) is 5.91 Å². The van der Waals surface area contributed by atoms with E-state index in [9.17, 15) is 4.79 Å². The van der Waals surface area contributed by atoms with Crippen molar-refractivity contribution in [3.05, 3.63) is 23.7 Å². The molecular weight excluding hydrogens is 250 g/mol. The third-order valence-electron chi connectivity index (χ3n) is 2.74. The van der Waals surface area contributed by atoms with E-state index in [1.165, 1.54) is 6.26 Å². The van der Waals surface area contributed by atoms with Crippen LogP contribution in [0.1, 0.15) is 30.0 Å². The van der Waals surface area contributed by atoms with Crippen molar-refractivity contribution >= 4 is 17.7 Å². The van der Waals surface area contributed by atoms with E-state index in [0.717, 1.165) is 36.9 Å². The van der Waals surface area contributed by atoms with Crippen LogP contribution in [0.5, 0.6) is 0 Å². The summed E-state index contributed by atoms with van der Waals surface area (Å²) in [6, 6.07) is 1.73. The Bertz CT molecular complexity index is 364. The van der Waals surface area contributed by atoms with Crippen molar-refractivity contribution in [2.75, 3.05) is 25.4 Å². The molecule has 0 aromatic carbocycles. The number of furan rings is 1. The predicted molar refractivity (Wildman–Crippen MR) is 74.3 cm³/mol. The number of hydrogen-bond donors (Lipinski definition) is 2. The second kappa shape index (κ2) is 8.18. The largest absolute Gasteiger partial charge is 0.468 e. The number of amides is 1. The number of nitrogens with one attached hydrogen (secondary N) is 1. The van der Waals surface area contributed by atoms with E-state index >= 15 is 0 Å². The molecule has 5 nitrogen and oxygen atoms in total. The van der Waals surface area contributed by atoms with Crippen LogP contribution in [0.25, 0.3) is 0 Å². The molecule has 1 heterocycles.